The molecule has 0 unspecified atom stereocenters. The molecule has 0 atom stereocenters. The minimum atomic E-state index is -3.49. The monoisotopic (exact) mass is 882 g/mol. The number of hydrogen-bond donors (Lipinski definition) is 0. The first-order valence-electron chi connectivity index (χ1n) is 21.9. The van der Waals surface area contributed by atoms with E-state index in [4.69, 9.17) is 15.0 Å². The van der Waals surface area contributed by atoms with E-state index in [1.165, 1.54) is 39.5 Å². The maximum absolute atomic E-state index is 5.31. The Labute approximate surface area is 376 Å². The molecule has 2 aromatic heterocycles. The summed E-state index contributed by atoms with van der Waals surface area (Å²) in [6, 6.07) is 83.6. The molecule has 0 saturated heterocycles. The number of fused-ring (bicyclic) bond motifs is 3. The van der Waals surface area contributed by atoms with Gasteiger partial charge < -0.3 is 0 Å². The Kier molecular flexibility index (Phi) is 10.1. The Morgan fingerprint density at radius 2 is 0.734 bits per heavy atom. The Bertz CT molecular complexity index is 3210. The van der Waals surface area contributed by atoms with E-state index >= 15 is 0 Å². The summed E-state index contributed by atoms with van der Waals surface area (Å²) in [4.78, 5) is 15.7. The molecule has 11 aromatic rings. The van der Waals surface area contributed by atoms with Crippen molar-refractivity contribution in [2.45, 2.75) is 13.8 Å². The van der Waals surface area contributed by atoms with E-state index in [1.807, 2.05) is 36.4 Å². The summed E-state index contributed by atoms with van der Waals surface area (Å²) < 4.78 is 7.92. The number of nitrogens with zero attached hydrogens (tertiary/aromatic N) is 4. The summed E-state index contributed by atoms with van der Waals surface area (Å²) in [6.45, 7) is 4.33. The zero-order valence-corrected chi connectivity index (χ0v) is 37.8. The zero-order valence-electron chi connectivity index (χ0n) is 35.7. The second kappa shape index (κ2) is 16.6. The Balaban J connectivity index is 1.16. The Hall–Kier alpha value is -7.67. The molecule has 0 N–H and O–H groups in total. The van der Waals surface area contributed by atoms with Crippen molar-refractivity contribution < 1.29 is 0 Å². The van der Waals surface area contributed by atoms with Gasteiger partial charge in [-0.05, 0) is 13.8 Å². The number of benzene rings is 9. The third-order valence-electron chi connectivity index (χ3n) is 12.5. The average molecular weight is 882 g/mol. The molecule has 0 spiro atoms. The molecule has 0 radical (unpaired) electrons. The van der Waals surface area contributed by atoms with Crippen LogP contribution in [-0.4, -0.2) is 32.8 Å². The van der Waals surface area contributed by atoms with Crippen LogP contribution in [0.3, 0.4) is 0 Å². The van der Waals surface area contributed by atoms with Gasteiger partial charge in [-0.25, -0.2) is 0 Å². The first-order chi connectivity index (χ1) is 31.5. The molecule has 0 saturated carbocycles. The van der Waals surface area contributed by atoms with Crippen LogP contribution in [0.2, 0.25) is 0 Å². The summed E-state index contributed by atoms with van der Waals surface area (Å²) in [5.74, 6) is 1.88. The third kappa shape index (κ3) is 6.93. The molecule has 0 aliphatic carbocycles. The summed E-state index contributed by atoms with van der Waals surface area (Å²) in [7, 11) is 0. The molecular formula is C59H44GeN4. The van der Waals surface area contributed by atoms with Crippen LogP contribution in [0.25, 0.3) is 72.8 Å². The standard InChI is InChI=1S/C59H44GeN4/c1-41-28-36-55-52(38-41)53-39-42(2)29-37-56(53)64(55)50-34-35-51(54(40-50)59-62-57(44-18-8-3-9-19-44)61-58(63-59)45-20-10-4-11-21-45)43-30-32-49(33-31-43)60(46-22-12-5-13-23-46,47-24-14-6-15-25-47)48-26-16-7-17-27-48/h3-40H,1-2H3. The summed E-state index contributed by atoms with van der Waals surface area (Å²) in [6.07, 6.45) is 0. The van der Waals surface area contributed by atoms with Crippen LogP contribution >= 0.6 is 0 Å². The van der Waals surface area contributed by atoms with Crippen molar-refractivity contribution in [2.24, 2.45) is 0 Å². The number of rotatable bonds is 9. The van der Waals surface area contributed by atoms with Crippen LogP contribution < -0.4 is 17.6 Å². The molecule has 0 aliphatic heterocycles. The fraction of sp³-hybridized carbons (Fsp3) is 0.0339. The molecular weight excluding hydrogens is 837 g/mol. The fourth-order valence-electron chi connectivity index (χ4n) is 9.53. The first-order valence-corrected chi connectivity index (χ1v) is 26.0. The van der Waals surface area contributed by atoms with Crippen LogP contribution in [0.1, 0.15) is 11.1 Å². The first kappa shape index (κ1) is 39.2. The van der Waals surface area contributed by atoms with Crippen LogP contribution in [0.15, 0.2) is 231 Å². The second-order valence-corrected chi connectivity index (χ2v) is 24.6. The van der Waals surface area contributed by atoms with E-state index in [9.17, 15) is 0 Å². The zero-order chi connectivity index (χ0) is 43.0. The molecule has 9 aromatic carbocycles. The van der Waals surface area contributed by atoms with Gasteiger partial charge in [-0.15, -0.1) is 0 Å². The van der Waals surface area contributed by atoms with Crippen molar-refractivity contribution in [3.8, 4) is 51.0 Å². The van der Waals surface area contributed by atoms with Gasteiger partial charge in [-0.1, -0.05) is 23.3 Å². The third-order valence-corrected chi connectivity index (χ3v) is 22.6. The molecule has 0 amide bonds. The van der Waals surface area contributed by atoms with Crippen molar-refractivity contribution >= 4 is 52.7 Å². The predicted octanol–water partition coefficient (Wildman–Crippen LogP) is 11.6. The maximum atomic E-state index is 5.31. The van der Waals surface area contributed by atoms with Gasteiger partial charge in [0.25, 0.3) is 0 Å². The van der Waals surface area contributed by atoms with Crippen LogP contribution in [0.5, 0.6) is 0 Å². The fourth-order valence-corrected chi connectivity index (χ4v) is 19.5. The minimum absolute atomic E-state index is 0.617. The Morgan fingerprint density at radius 1 is 0.328 bits per heavy atom. The quantitative estimate of drug-likeness (QED) is 0.136. The molecule has 304 valence electrons. The van der Waals surface area contributed by atoms with Crippen molar-refractivity contribution in [3.63, 3.8) is 0 Å². The SMILES string of the molecule is Cc1ccc2c(c1)c1cc(C)ccc1n2-c1ccc(-c2cc[c]([Ge]([c]3ccccc3)([c]3ccccc3)[c]3ccccc3)cc2)c(-c2nc(-c3ccccc3)nc(-c3ccccc3)n2)c1. The van der Waals surface area contributed by atoms with E-state index in [1.54, 1.807) is 0 Å². The number of aromatic nitrogens is 4. The van der Waals surface area contributed by atoms with E-state index in [2.05, 4.69) is 213 Å². The number of hydrogen-bond acceptors (Lipinski definition) is 3. The van der Waals surface area contributed by atoms with Crippen LogP contribution in [0.4, 0.5) is 0 Å². The molecule has 11 rings (SSSR count). The van der Waals surface area contributed by atoms with Crippen LogP contribution in [0, 0.1) is 13.8 Å². The van der Waals surface area contributed by atoms with Gasteiger partial charge in [0.2, 0.25) is 0 Å². The predicted molar refractivity (Wildman–Crippen MR) is 269 cm³/mol. The van der Waals surface area contributed by atoms with E-state index < -0.39 is 13.3 Å². The van der Waals surface area contributed by atoms with Crippen molar-refractivity contribution in [1.29, 1.82) is 0 Å². The molecule has 4 nitrogen and oxygen atoms in total. The number of aryl methyl sites for hydroxylation is 2. The van der Waals surface area contributed by atoms with E-state index in [0.717, 1.165) is 44.5 Å². The van der Waals surface area contributed by atoms with Gasteiger partial charge >= 0.3 is 342 Å². The van der Waals surface area contributed by atoms with Crippen molar-refractivity contribution in [3.05, 3.63) is 242 Å². The van der Waals surface area contributed by atoms with Gasteiger partial charge in [0.05, 0.1) is 0 Å². The normalized spacial score (nSPS) is 11.6. The summed E-state index contributed by atoms with van der Waals surface area (Å²) in [5.41, 5.74) is 10.8. The van der Waals surface area contributed by atoms with Crippen molar-refractivity contribution in [2.75, 3.05) is 0 Å². The van der Waals surface area contributed by atoms with Crippen molar-refractivity contribution in [1.82, 2.24) is 19.5 Å². The van der Waals surface area contributed by atoms with E-state index in [0.29, 0.717) is 17.5 Å². The summed E-state index contributed by atoms with van der Waals surface area (Å²) >= 11 is -3.49. The van der Waals surface area contributed by atoms with E-state index in [-0.39, 0.29) is 0 Å². The second-order valence-electron chi connectivity index (χ2n) is 16.6. The topological polar surface area (TPSA) is 43.6 Å². The molecule has 64 heavy (non-hydrogen) atoms. The Morgan fingerprint density at radius 3 is 1.19 bits per heavy atom. The van der Waals surface area contributed by atoms with Crippen LogP contribution in [-0.2, 0) is 0 Å². The van der Waals surface area contributed by atoms with Gasteiger partial charge in [-0.2, -0.15) is 0 Å². The molecule has 0 aliphatic rings. The molecule has 5 heteroatoms. The van der Waals surface area contributed by atoms with Gasteiger partial charge in [-0.3, -0.25) is 0 Å². The molecule has 2 heterocycles. The molecule has 0 bridgehead atoms. The summed E-state index contributed by atoms with van der Waals surface area (Å²) in [5, 5.41) is 2.48. The van der Waals surface area contributed by atoms with Gasteiger partial charge in [0.1, 0.15) is 0 Å². The van der Waals surface area contributed by atoms with Gasteiger partial charge in [0.15, 0.2) is 0 Å². The van der Waals surface area contributed by atoms with Gasteiger partial charge in [0, 0.05) is 0 Å². The average Bonchev–Trinajstić information content (AvgIpc) is 3.68. The molecule has 0 fully saturated rings.